The number of fused-ring (bicyclic) bond motifs is 2. The fraction of sp³-hybridized carbons (Fsp3) is 0.667. The summed E-state index contributed by atoms with van der Waals surface area (Å²) in [5.41, 5.74) is -1.31. The molecule has 3 rings (SSSR count). The highest BCUT2D eigenvalue weighted by Crippen LogP contribution is 2.56. The maximum absolute atomic E-state index is 13.2. The van der Waals surface area contributed by atoms with Gasteiger partial charge in [0, 0.05) is 25.7 Å². The third-order valence-corrected chi connectivity index (χ3v) is 8.39. The van der Waals surface area contributed by atoms with Crippen LogP contribution in [-0.4, -0.2) is 24.7 Å². The minimum Gasteiger partial charge on any atom is -0.171 e. The first-order valence-electron chi connectivity index (χ1n) is 14.0. The summed E-state index contributed by atoms with van der Waals surface area (Å²) in [6, 6.07) is 10.5. The van der Waals surface area contributed by atoms with E-state index in [-0.39, 0.29) is 38.5 Å². The van der Waals surface area contributed by atoms with Gasteiger partial charge in [-0.2, -0.15) is 52.7 Å². The van der Waals surface area contributed by atoms with Crippen molar-refractivity contribution in [1.29, 1.82) is 0 Å². The molecule has 2 aromatic rings. The van der Waals surface area contributed by atoms with Gasteiger partial charge >= 0.3 is 24.7 Å². The molecular formula is C30H34F12. The Morgan fingerprint density at radius 3 is 1.31 bits per heavy atom. The molecule has 0 aromatic heterocycles. The quantitative estimate of drug-likeness (QED) is 0.207. The van der Waals surface area contributed by atoms with Gasteiger partial charge in [0.2, 0.25) is 0 Å². The van der Waals surface area contributed by atoms with Crippen LogP contribution in [0.2, 0.25) is 0 Å². The second kappa shape index (κ2) is 12.8. The molecule has 2 aromatic carbocycles. The molecule has 12 heteroatoms. The molecule has 0 atom stereocenters. The third kappa shape index (κ3) is 10.5. The van der Waals surface area contributed by atoms with E-state index in [1.165, 1.54) is 0 Å². The van der Waals surface area contributed by atoms with Crippen LogP contribution in [0.5, 0.6) is 0 Å². The fourth-order valence-corrected chi connectivity index (χ4v) is 6.84. The SMILES string of the molecule is FC(F)(F)CCCC1(CCCC(F)(F)F)Cc2cc3ccccc3cc2C(CCCC(F)(F)F)(CCCC(F)(F)F)C1. The maximum atomic E-state index is 13.2. The van der Waals surface area contributed by atoms with E-state index in [4.69, 9.17) is 0 Å². The predicted octanol–water partition coefficient (Wildman–Crippen LogP) is 11.9. The molecule has 0 amide bonds. The first kappa shape index (κ1) is 34.4. The van der Waals surface area contributed by atoms with E-state index in [0.717, 1.165) is 5.39 Å². The van der Waals surface area contributed by atoms with Gasteiger partial charge in [-0.1, -0.05) is 36.4 Å². The minimum absolute atomic E-state index is 0.0726. The van der Waals surface area contributed by atoms with Crippen LogP contribution in [0.25, 0.3) is 10.8 Å². The number of rotatable bonds is 12. The van der Waals surface area contributed by atoms with E-state index < -0.39 is 86.9 Å². The lowest BCUT2D eigenvalue weighted by Gasteiger charge is -2.50. The van der Waals surface area contributed by atoms with Crippen molar-refractivity contribution in [3.8, 4) is 0 Å². The van der Waals surface area contributed by atoms with Crippen molar-refractivity contribution in [3.05, 3.63) is 47.5 Å². The van der Waals surface area contributed by atoms with E-state index in [1.54, 1.807) is 36.4 Å². The molecule has 0 radical (unpaired) electrons. The zero-order chi connectivity index (χ0) is 31.5. The summed E-state index contributed by atoms with van der Waals surface area (Å²) >= 11 is 0. The van der Waals surface area contributed by atoms with E-state index in [2.05, 4.69) is 0 Å². The highest BCUT2D eigenvalue weighted by atomic mass is 19.4. The highest BCUT2D eigenvalue weighted by Gasteiger charge is 2.48. The van der Waals surface area contributed by atoms with Gasteiger partial charge in [-0.15, -0.1) is 0 Å². The van der Waals surface area contributed by atoms with Crippen molar-refractivity contribution < 1.29 is 52.7 Å². The predicted molar refractivity (Wildman–Crippen MR) is 136 cm³/mol. The lowest BCUT2D eigenvalue weighted by molar-refractivity contribution is -0.138. The first-order chi connectivity index (χ1) is 19.2. The van der Waals surface area contributed by atoms with Crippen molar-refractivity contribution in [2.75, 3.05) is 0 Å². The zero-order valence-corrected chi connectivity index (χ0v) is 22.9. The lowest BCUT2D eigenvalue weighted by Crippen LogP contribution is -2.43. The van der Waals surface area contributed by atoms with Crippen LogP contribution in [0.15, 0.2) is 36.4 Å². The van der Waals surface area contributed by atoms with Crippen molar-refractivity contribution in [2.45, 2.75) is 120 Å². The molecule has 1 aliphatic rings. The molecule has 238 valence electrons. The van der Waals surface area contributed by atoms with Crippen LogP contribution >= 0.6 is 0 Å². The molecule has 0 saturated heterocycles. The van der Waals surface area contributed by atoms with E-state index in [0.29, 0.717) is 16.5 Å². The van der Waals surface area contributed by atoms with Crippen LogP contribution in [0.1, 0.15) is 94.6 Å². The molecule has 42 heavy (non-hydrogen) atoms. The third-order valence-electron chi connectivity index (χ3n) is 8.39. The van der Waals surface area contributed by atoms with Gasteiger partial charge in [-0.25, -0.2) is 0 Å². The zero-order valence-electron chi connectivity index (χ0n) is 22.9. The van der Waals surface area contributed by atoms with E-state index >= 15 is 0 Å². The number of hydrogen-bond donors (Lipinski definition) is 0. The van der Waals surface area contributed by atoms with Crippen LogP contribution in [0, 0.1) is 5.41 Å². The Kier molecular flexibility index (Phi) is 10.5. The Morgan fingerprint density at radius 1 is 0.524 bits per heavy atom. The van der Waals surface area contributed by atoms with E-state index in [9.17, 15) is 52.7 Å². The average molecular weight is 623 g/mol. The first-order valence-corrected chi connectivity index (χ1v) is 14.0. The molecule has 0 spiro atoms. The molecule has 0 saturated carbocycles. The molecule has 0 N–H and O–H groups in total. The smallest absolute Gasteiger partial charge is 0.171 e. The summed E-state index contributed by atoms with van der Waals surface area (Å²) in [7, 11) is 0. The summed E-state index contributed by atoms with van der Waals surface area (Å²) in [5, 5.41) is 1.42. The van der Waals surface area contributed by atoms with Gasteiger partial charge in [0.15, 0.2) is 0 Å². The van der Waals surface area contributed by atoms with Crippen LogP contribution in [0.3, 0.4) is 0 Å². The molecular weight excluding hydrogens is 588 g/mol. The van der Waals surface area contributed by atoms with Gasteiger partial charge in [-0.3, -0.25) is 0 Å². The summed E-state index contributed by atoms with van der Waals surface area (Å²) in [5.74, 6) is 0. The largest absolute Gasteiger partial charge is 0.389 e. The Hall–Kier alpha value is -2.14. The summed E-state index contributed by atoms with van der Waals surface area (Å²) in [6.07, 6.45) is -25.2. The number of benzene rings is 2. The number of hydrogen-bond acceptors (Lipinski definition) is 0. The topological polar surface area (TPSA) is 0 Å². The monoisotopic (exact) mass is 622 g/mol. The van der Waals surface area contributed by atoms with E-state index in [1.807, 2.05) is 0 Å². The Balaban J connectivity index is 2.13. The standard InChI is InChI=1S/C30H34F12/c31-27(32,33)13-3-9-25(10-4-14-28(34,35)36)19-23-17-21-7-1-2-8-22(21)18-24(23)26(20-25,11-5-15-29(37,38)39)12-6-16-30(40,41)42/h1-2,7-8,17-18H,3-6,9-16,19-20H2. The van der Waals surface area contributed by atoms with Crippen molar-refractivity contribution in [1.82, 2.24) is 0 Å². The minimum atomic E-state index is -4.54. The summed E-state index contributed by atoms with van der Waals surface area (Å²) in [4.78, 5) is 0. The van der Waals surface area contributed by atoms with Gasteiger partial charge in [0.05, 0.1) is 0 Å². The number of halogens is 12. The average Bonchev–Trinajstić information content (AvgIpc) is 2.80. The summed E-state index contributed by atoms with van der Waals surface area (Å²) in [6.45, 7) is 0. The van der Waals surface area contributed by atoms with Gasteiger partial charge in [0.25, 0.3) is 0 Å². The lowest BCUT2D eigenvalue weighted by atomic mass is 9.54. The molecule has 1 aliphatic carbocycles. The van der Waals surface area contributed by atoms with Crippen LogP contribution in [-0.2, 0) is 11.8 Å². The Morgan fingerprint density at radius 2 is 0.905 bits per heavy atom. The molecule has 0 aliphatic heterocycles. The van der Waals surface area contributed by atoms with Crippen LogP contribution < -0.4 is 0 Å². The molecule has 0 heterocycles. The Labute approximate surface area is 236 Å². The Bertz CT molecular complexity index is 1110. The van der Waals surface area contributed by atoms with Gasteiger partial charge < -0.3 is 0 Å². The normalized spacial score (nSPS) is 17.4. The molecule has 0 fully saturated rings. The second-order valence-corrected chi connectivity index (χ2v) is 11.9. The molecule has 0 unspecified atom stereocenters. The van der Waals surface area contributed by atoms with Crippen molar-refractivity contribution >= 4 is 10.8 Å². The fourth-order valence-electron chi connectivity index (χ4n) is 6.84. The van der Waals surface area contributed by atoms with Crippen molar-refractivity contribution in [3.63, 3.8) is 0 Å². The van der Waals surface area contributed by atoms with Crippen LogP contribution in [0.4, 0.5) is 52.7 Å². The van der Waals surface area contributed by atoms with Gasteiger partial charge in [0.1, 0.15) is 0 Å². The second-order valence-electron chi connectivity index (χ2n) is 11.9. The van der Waals surface area contributed by atoms with Crippen molar-refractivity contribution in [2.24, 2.45) is 5.41 Å². The molecule has 0 nitrogen and oxygen atoms in total. The number of alkyl halides is 12. The highest BCUT2D eigenvalue weighted by molar-refractivity contribution is 5.84. The van der Waals surface area contributed by atoms with Gasteiger partial charge in [-0.05, 0) is 96.9 Å². The summed E-state index contributed by atoms with van der Waals surface area (Å²) < 4.78 is 158. The molecule has 0 bridgehead atoms. The maximum Gasteiger partial charge on any atom is 0.389 e.